The van der Waals surface area contributed by atoms with Crippen LogP contribution in [-0.4, -0.2) is 38.4 Å². The van der Waals surface area contributed by atoms with E-state index in [4.69, 9.17) is 0 Å². The van der Waals surface area contributed by atoms with Crippen molar-refractivity contribution >= 4 is 85.8 Å². The molecule has 8 nitrogen and oxygen atoms in total. The molecular weight excluding hydrogens is 676 g/mol. The number of thiophene rings is 2. The molecule has 0 fully saturated rings. The number of ketones is 2. The van der Waals surface area contributed by atoms with Gasteiger partial charge >= 0.3 is 0 Å². The standard InChI is InChI=1S/C22H12Br2N2O6S4/c23-15-5-7-17(33-15)35(29,30)9-13-14(10-36(31,32)18-8-6-16(24)34-18)26-20-19(25-13)21(27)11-3-1-2-4-12(11)22(20)28/h1-8H,9-10H2. The Hall–Kier alpha value is -2.10. The van der Waals surface area contributed by atoms with E-state index in [0.717, 1.165) is 22.7 Å². The van der Waals surface area contributed by atoms with Gasteiger partial charge in [0.1, 0.15) is 19.8 Å². The maximum atomic E-state index is 13.1. The lowest BCUT2D eigenvalue weighted by atomic mass is 9.89. The topological polar surface area (TPSA) is 128 Å². The van der Waals surface area contributed by atoms with Crippen molar-refractivity contribution in [2.45, 2.75) is 19.9 Å². The maximum absolute atomic E-state index is 13.1. The summed E-state index contributed by atoms with van der Waals surface area (Å²) in [6.07, 6.45) is 0. The average molecular weight is 688 g/mol. The normalized spacial score (nSPS) is 13.5. The molecule has 0 saturated heterocycles. The fourth-order valence-corrected chi connectivity index (χ4v) is 10.4. The van der Waals surface area contributed by atoms with Gasteiger partial charge < -0.3 is 0 Å². The van der Waals surface area contributed by atoms with Gasteiger partial charge in [-0.3, -0.25) is 9.59 Å². The number of benzene rings is 1. The zero-order chi connectivity index (χ0) is 25.8. The van der Waals surface area contributed by atoms with Crippen molar-refractivity contribution < 1.29 is 26.4 Å². The largest absolute Gasteiger partial charge is 0.287 e. The zero-order valence-electron chi connectivity index (χ0n) is 17.8. The molecule has 0 amide bonds. The van der Waals surface area contributed by atoms with Crippen LogP contribution in [0.1, 0.15) is 43.5 Å². The predicted molar refractivity (Wildman–Crippen MR) is 141 cm³/mol. The zero-order valence-corrected chi connectivity index (χ0v) is 24.2. The van der Waals surface area contributed by atoms with Crippen molar-refractivity contribution in [3.63, 3.8) is 0 Å². The first-order valence-corrected chi connectivity index (χ1v) is 16.5. The predicted octanol–water partition coefficient (Wildman–Crippen LogP) is 4.85. The van der Waals surface area contributed by atoms with Gasteiger partial charge in [-0.05, 0) is 56.1 Å². The number of rotatable bonds is 6. The minimum atomic E-state index is -3.96. The number of hydrogen-bond acceptors (Lipinski definition) is 10. The van der Waals surface area contributed by atoms with Crippen LogP contribution in [0.5, 0.6) is 0 Å². The lowest BCUT2D eigenvalue weighted by Crippen LogP contribution is -2.27. The highest BCUT2D eigenvalue weighted by molar-refractivity contribution is 9.11. The van der Waals surface area contributed by atoms with Crippen molar-refractivity contribution in [1.29, 1.82) is 0 Å². The Morgan fingerprint density at radius 1 is 0.639 bits per heavy atom. The van der Waals surface area contributed by atoms with E-state index in [1.54, 1.807) is 24.3 Å². The van der Waals surface area contributed by atoms with Crippen LogP contribution in [0.4, 0.5) is 0 Å². The number of carbonyl (C=O) groups excluding carboxylic acids is 2. The van der Waals surface area contributed by atoms with Crippen molar-refractivity contribution in [3.05, 3.63) is 90.0 Å². The molecule has 0 radical (unpaired) electrons. The van der Waals surface area contributed by atoms with E-state index in [0.29, 0.717) is 7.57 Å². The molecule has 1 aromatic carbocycles. The first-order chi connectivity index (χ1) is 17.0. The van der Waals surface area contributed by atoms with Gasteiger partial charge in [0, 0.05) is 11.1 Å². The van der Waals surface area contributed by atoms with Crippen molar-refractivity contribution in [2.75, 3.05) is 0 Å². The van der Waals surface area contributed by atoms with Crippen molar-refractivity contribution in [2.24, 2.45) is 0 Å². The van der Waals surface area contributed by atoms with E-state index >= 15 is 0 Å². The highest BCUT2D eigenvalue weighted by Crippen LogP contribution is 2.33. The second-order valence-electron chi connectivity index (χ2n) is 7.65. The fraction of sp³-hybridized carbons (Fsp3) is 0.0909. The minimum Gasteiger partial charge on any atom is -0.287 e. The van der Waals surface area contributed by atoms with Gasteiger partial charge in [-0.25, -0.2) is 26.8 Å². The number of fused-ring (bicyclic) bond motifs is 2. The summed E-state index contributed by atoms with van der Waals surface area (Å²) in [6, 6.07) is 12.1. The van der Waals surface area contributed by atoms with Gasteiger partial charge in [-0.15, -0.1) is 22.7 Å². The van der Waals surface area contributed by atoms with Crippen LogP contribution < -0.4 is 0 Å². The Balaban J connectivity index is 1.67. The number of hydrogen-bond donors (Lipinski definition) is 0. The Labute approximate surface area is 230 Å². The molecular formula is C22H12Br2N2O6S4. The Morgan fingerprint density at radius 3 is 1.36 bits per heavy atom. The molecule has 0 spiro atoms. The van der Waals surface area contributed by atoms with E-state index in [2.05, 4.69) is 41.8 Å². The van der Waals surface area contributed by atoms with Gasteiger partial charge in [0.15, 0.2) is 19.7 Å². The minimum absolute atomic E-state index is 0.0395. The number of aromatic nitrogens is 2. The van der Waals surface area contributed by atoms with Crippen LogP contribution in [0.25, 0.3) is 0 Å². The molecule has 1 aliphatic rings. The van der Waals surface area contributed by atoms with Crippen LogP contribution in [-0.2, 0) is 31.2 Å². The molecule has 0 saturated carbocycles. The summed E-state index contributed by atoms with van der Waals surface area (Å²) in [6.45, 7) is 0. The number of carbonyl (C=O) groups is 2. The third-order valence-corrected chi connectivity index (χ3v) is 12.9. The molecule has 0 atom stereocenters. The summed E-state index contributed by atoms with van der Waals surface area (Å²) in [5, 5.41) is 0. The van der Waals surface area contributed by atoms with Gasteiger partial charge in [0.25, 0.3) is 0 Å². The van der Waals surface area contributed by atoms with E-state index in [1.807, 2.05) is 0 Å². The number of sulfone groups is 2. The molecule has 36 heavy (non-hydrogen) atoms. The second kappa shape index (κ2) is 9.33. The molecule has 0 bridgehead atoms. The smallest absolute Gasteiger partial charge is 0.214 e. The molecule has 0 N–H and O–H groups in total. The molecule has 5 rings (SSSR count). The first-order valence-electron chi connectivity index (χ1n) is 10.0. The summed E-state index contributed by atoms with van der Waals surface area (Å²) in [4.78, 5) is 34.8. The molecule has 3 aromatic heterocycles. The summed E-state index contributed by atoms with van der Waals surface area (Å²) in [5.74, 6) is -2.55. The van der Waals surface area contributed by atoms with E-state index in [1.165, 1.54) is 24.3 Å². The average Bonchev–Trinajstić information content (AvgIpc) is 3.47. The van der Waals surface area contributed by atoms with Crippen LogP contribution >= 0.6 is 54.5 Å². The summed E-state index contributed by atoms with van der Waals surface area (Å²) < 4.78 is 53.8. The first kappa shape index (κ1) is 25.5. The van der Waals surface area contributed by atoms with Crippen LogP contribution in [0, 0.1) is 0 Å². The monoisotopic (exact) mass is 686 g/mol. The number of nitrogens with zero attached hydrogens (tertiary/aromatic N) is 2. The second-order valence-corrected chi connectivity index (χ2v) is 17.0. The summed E-state index contributed by atoms with van der Waals surface area (Å²) >= 11 is 8.45. The Kier molecular flexibility index (Phi) is 6.62. The molecule has 0 unspecified atom stereocenters. The highest BCUT2D eigenvalue weighted by Gasteiger charge is 2.35. The molecule has 3 heterocycles. The Morgan fingerprint density at radius 2 is 1.03 bits per heavy atom. The van der Waals surface area contributed by atoms with E-state index in [-0.39, 0.29) is 42.3 Å². The van der Waals surface area contributed by atoms with Crippen LogP contribution in [0.2, 0.25) is 0 Å². The Bertz CT molecular complexity index is 1660. The van der Waals surface area contributed by atoms with E-state index in [9.17, 15) is 26.4 Å². The molecule has 4 aromatic rings. The SMILES string of the molecule is O=C1c2ccccc2C(=O)c2nc(CS(=O)(=O)c3ccc(Br)s3)c(CS(=O)(=O)c3ccc(Br)s3)nc21. The van der Waals surface area contributed by atoms with Gasteiger partial charge in [0.2, 0.25) is 11.6 Å². The number of halogens is 2. The van der Waals surface area contributed by atoms with Gasteiger partial charge in [-0.1, -0.05) is 24.3 Å². The van der Waals surface area contributed by atoms with E-state index < -0.39 is 42.7 Å². The van der Waals surface area contributed by atoms with Crippen molar-refractivity contribution in [1.82, 2.24) is 9.97 Å². The summed E-state index contributed by atoms with van der Waals surface area (Å²) in [7, 11) is -7.92. The lowest BCUT2D eigenvalue weighted by Gasteiger charge is -2.18. The molecule has 14 heteroatoms. The third-order valence-electron chi connectivity index (χ3n) is 5.26. The van der Waals surface area contributed by atoms with Gasteiger partial charge in [-0.2, -0.15) is 0 Å². The maximum Gasteiger partial charge on any atom is 0.214 e. The quantitative estimate of drug-likeness (QED) is 0.248. The van der Waals surface area contributed by atoms with Crippen molar-refractivity contribution in [3.8, 4) is 0 Å². The highest BCUT2D eigenvalue weighted by atomic mass is 79.9. The van der Waals surface area contributed by atoms with Gasteiger partial charge in [0.05, 0.1) is 30.5 Å². The van der Waals surface area contributed by atoms with Crippen LogP contribution in [0.3, 0.4) is 0 Å². The lowest BCUT2D eigenvalue weighted by molar-refractivity contribution is 0.0971. The third kappa shape index (κ3) is 4.65. The summed E-state index contributed by atoms with van der Waals surface area (Å²) in [5.41, 5.74) is -0.725. The fourth-order valence-electron chi connectivity index (χ4n) is 3.62. The molecule has 184 valence electrons. The molecule has 1 aliphatic carbocycles. The van der Waals surface area contributed by atoms with Crippen LogP contribution in [0.15, 0.2) is 64.5 Å². The molecule has 0 aliphatic heterocycles.